The van der Waals surface area contributed by atoms with Gasteiger partial charge in [-0.1, -0.05) is 12.1 Å². The van der Waals surface area contributed by atoms with Crippen LogP contribution < -0.4 is 16.0 Å². The minimum absolute atomic E-state index is 0.238. The monoisotopic (exact) mass is 305 g/mol. The van der Waals surface area contributed by atoms with Crippen molar-refractivity contribution in [3.05, 3.63) is 35.6 Å². The molecule has 0 aliphatic heterocycles. The number of halogens is 1. The molecule has 22 heavy (non-hydrogen) atoms. The maximum Gasteiger partial charge on any atom is 0.161 e. The van der Waals surface area contributed by atoms with Gasteiger partial charge in [0.05, 0.1) is 24.4 Å². The summed E-state index contributed by atoms with van der Waals surface area (Å²) >= 11 is 0. The molecule has 4 N–H and O–H groups in total. The highest BCUT2D eigenvalue weighted by molar-refractivity contribution is 5.15. The van der Waals surface area contributed by atoms with Crippen LogP contribution in [0.3, 0.4) is 0 Å². The smallest absolute Gasteiger partial charge is 0.161 e. The third-order valence-electron chi connectivity index (χ3n) is 3.12. The Kier molecular flexibility index (Phi) is 8.05. The van der Waals surface area contributed by atoms with Crippen molar-refractivity contribution in [2.75, 3.05) is 20.1 Å². The average Bonchev–Trinajstić information content (AvgIpc) is 2.53. The second kappa shape index (κ2) is 9.82. The molecule has 1 aromatic rings. The van der Waals surface area contributed by atoms with E-state index in [0.717, 1.165) is 5.56 Å². The number of nitrogens with zero attached hydrogens (tertiary/aromatic N) is 2. The van der Waals surface area contributed by atoms with E-state index in [-0.39, 0.29) is 12.4 Å². The van der Waals surface area contributed by atoms with E-state index in [1.165, 1.54) is 12.1 Å². The van der Waals surface area contributed by atoms with Crippen molar-refractivity contribution < 1.29 is 9.50 Å². The molecule has 1 rings (SSSR count). The Labute approximate surface area is 129 Å². The first-order chi connectivity index (χ1) is 10.6. The van der Waals surface area contributed by atoms with Gasteiger partial charge in [0, 0.05) is 19.6 Å². The van der Waals surface area contributed by atoms with E-state index < -0.39 is 18.2 Å². The van der Waals surface area contributed by atoms with E-state index in [9.17, 15) is 9.50 Å². The summed E-state index contributed by atoms with van der Waals surface area (Å²) in [6.07, 6.45) is -1.17. The molecule has 0 bridgehead atoms. The lowest BCUT2D eigenvalue weighted by Gasteiger charge is -2.20. The van der Waals surface area contributed by atoms with Crippen molar-refractivity contribution in [3.63, 3.8) is 0 Å². The number of nitriles is 2. The van der Waals surface area contributed by atoms with Crippen molar-refractivity contribution in [3.8, 4) is 12.1 Å². The molecule has 2 atom stereocenters. The van der Waals surface area contributed by atoms with Gasteiger partial charge >= 0.3 is 0 Å². The Morgan fingerprint density at radius 3 is 2.36 bits per heavy atom. The molecule has 2 unspecified atom stereocenters. The Morgan fingerprint density at radius 2 is 1.82 bits per heavy atom. The second-order valence-corrected chi connectivity index (χ2v) is 4.82. The molecule has 0 aliphatic carbocycles. The van der Waals surface area contributed by atoms with Crippen LogP contribution in [0.25, 0.3) is 0 Å². The van der Waals surface area contributed by atoms with Crippen LogP contribution in [0.5, 0.6) is 0 Å². The number of aliphatic hydroxyl groups is 1. The highest BCUT2D eigenvalue weighted by Gasteiger charge is 2.19. The Bertz CT molecular complexity index is 508. The lowest BCUT2D eigenvalue weighted by atomic mass is 10.1. The standard InChI is InChI=1S/C15H20FN5O/c1-19-15(12(6-17)7-18)21-10-14(22)9-20-8-11-2-4-13(16)5-3-11/h2-5,12,14-15,19-22H,8-10H2,1H3. The third kappa shape index (κ3) is 6.17. The van der Waals surface area contributed by atoms with Crippen LogP contribution in [0.4, 0.5) is 4.39 Å². The van der Waals surface area contributed by atoms with Crippen LogP contribution in [0.1, 0.15) is 5.56 Å². The molecule has 0 fully saturated rings. The number of hydrogen-bond acceptors (Lipinski definition) is 6. The fraction of sp³-hybridized carbons (Fsp3) is 0.467. The summed E-state index contributed by atoms with van der Waals surface area (Å²) in [6, 6.07) is 9.88. The summed E-state index contributed by atoms with van der Waals surface area (Å²) in [5, 5.41) is 36.3. The van der Waals surface area contributed by atoms with Crippen molar-refractivity contribution in [1.29, 1.82) is 10.5 Å². The fourth-order valence-electron chi connectivity index (χ4n) is 1.89. The average molecular weight is 305 g/mol. The van der Waals surface area contributed by atoms with Gasteiger partial charge in [0.25, 0.3) is 0 Å². The second-order valence-electron chi connectivity index (χ2n) is 4.82. The first kappa shape index (κ1) is 18.0. The van der Waals surface area contributed by atoms with Gasteiger partial charge in [-0.05, 0) is 24.7 Å². The van der Waals surface area contributed by atoms with Crippen molar-refractivity contribution in [2.45, 2.75) is 18.8 Å². The SMILES string of the molecule is CNC(NCC(O)CNCc1ccc(F)cc1)C(C#N)C#N. The maximum absolute atomic E-state index is 12.7. The van der Waals surface area contributed by atoms with Crippen LogP contribution >= 0.6 is 0 Å². The molecule has 0 amide bonds. The van der Waals surface area contributed by atoms with E-state index in [1.807, 2.05) is 12.1 Å². The molecular formula is C15H20FN5O. The van der Waals surface area contributed by atoms with Crippen molar-refractivity contribution in [2.24, 2.45) is 5.92 Å². The zero-order valence-electron chi connectivity index (χ0n) is 12.4. The topological polar surface area (TPSA) is 104 Å². The van der Waals surface area contributed by atoms with Gasteiger partial charge in [-0.3, -0.25) is 5.32 Å². The van der Waals surface area contributed by atoms with E-state index >= 15 is 0 Å². The quantitative estimate of drug-likeness (QED) is 0.482. The van der Waals surface area contributed by atoms with E-state index in [0.29, 0.717) is 13.1 Å². The van der Waals surface area contributed by atoms with Crippen LogP contribution in [0, 0.1) is 34.4 Å². The first-order valence-corrected chi connectivity index (χ1v) is 6.93. The largest absolute Gasteiger partial charge is 0.390 e. The van der Waals surface area contributed by atoms with Crippen LogP contribution in [-0.2, 0) is 6.54 Å². The lowest BCUT2D eigenvalue weighted by Crippen LogP contribution is -2.49. The molecule has 0 spiro atoms. The van der Waals surface area contributed by atoms with E-state index in [1.54, 1.807) is 19.2 Å². The zero-order valence-corrected chi connectivity index (χ0v) is 12.4. The molecule has 6 nitrogen and oxygen atoms in total. The van der Waals surface area contributed by atoms with Gasteiger partial charge < -0.3 is 15.7 Å². The highest BCUT2D eigenvalue weighted by atomic mass is 19.1. The molecule has 0 aliphatic rings. The summed E-state index contributed by atoms with van der Waals surface area (Å²) in [4.78, 5) is 0. The first-order valence-electron chi connectivity index (χ1n) is 6.93. The Hall–Kier alpha value is -2.03. The number of hydrogen-bond donors (Lipinski definition) is 4. The number of benzene rings is 1. The molecule has 0 heterocycles. The molecule has 118 valence electrons. The van der Waals surface area contributed by atoms with Gasteiger partial charge in [-0.2, -0.15) is 10.5 Å². The molecule has 0 saturated heterocycles. The van der Waals surface area contributed by atoms with Crippen LogP contribution in [0.15, 0.2) is 24.3 Å². The Morgan fingerprint density at radius 1 is 1.18 bits per heavy atom. The van der Waals surface area contributed by atoms with E-state index in [2.05, 4.69) is 16.0 Å². The van der Waals surface area contributed by atoms with E-state index in [4.69, 9.17) is 10.5 Å². The maximum atomic E-state index is 12.7. The van der Waals surface area contributed by atoms with Gasteiger partial charge in [-0.15, -0.1) is 0 Å². The fourth-order valence-corrected chi connectivity index (χ4v) is 1.89. The van der Waals surface area contributed by atoms with Gasteiger partial charge in [-0.25, -0.2) is 4.39 Å². The minimum Gasteiger partial charge on any atom is -0.390 e. The van der Waals surface area contributed by atoms with Crippen LogP contribution in [-0.4, -0.2) is 37.5 Å². The number of nitrogens with one attached hydrogen (secondary N) is 3. The summed E-state index contributed by atoms with van der Waals surface area (Å²) in [5.41, 5.74) is 0.920. The summed E-state index contributed by atoms with van der Waals surface area (Å²) in [5.74, 6) is -1.11. The predicted octanol–water partition coefficient (Wildman–Crippen LogP) is 0.0747. The highest BCUT2D eigenvalue weighted by Crippen LogP contribution is 2.02. The molecule has 7 heteroatoms. The zero-order chi connectivity index (χ0) is 16.4. The molecule has 0 radical (unpaired) electrons. The number of rotatable bonds is 9. The summed E-state index contributed by atoms with van der Waals surface area (Å²) in [7, 11) is 1.64. The van der Waals surface area contributed by atoms with Gasteiger partial charge in [0.15, 0.2) is 5.92 Å². The van der Waals surface area contributed by atoms with Gasteiger partial charge in [0.2, 0.25) is 0 Å². The Balaban J connectivity index is 2.28. The number of aliphatic hydroxyl groups excluding tert-OH is 1. The van der Waals surface area contributed by atoms with Gasteiger partial charge in [0.1, 0.15) is 5.82 Å². The molecular weight excluding hydrogens is 285 g/mol. The summed E-state index contributed by atoms with van der Waals surface area (Å²) < 4.78 is 12.7. The molecule has 1 aromatic carbocycles. The van der Waals surface area contributed by atoms with Crippen LogP contribution in [0.2, 0.25) is 0 Å². The minimum atomic E-state index is -0.829. The van der Waals surface area contributed by atoms with Crippen molar-refractivity contribution in [1.82, 2.24) is 16.0 Å². The molecule has 0 aromatic heterocycles. The predicted molar refractivity (Wildman–Crippen MR) is 79.7 cm³/mol. The summed E-state index contributed by atoms with van der Waals surface area (Å²) in [6.45, 7) is 1.10. The normalized spacial score (nSPS) is 13.4. The molecule has 0 saturated carbocycles. The third-order valence-corrected chi connectivity index (χ3v) is 3.12. The lowest BCUT2D eigenvalue weighted by molar-refractivity contribution is 0.160. The van der Waals surface area contributed by atoms with Crippen molar-refractivity contribution >= 4 is 0 Å².